The Balaban J connectivity index is 2.58. The lowest BCUT2D eigenvalue weighted by Crippen LogP contribution is -1.97. The second-order valence-electron chi connectivity index (χ2n) is 3.72. The molecule has 0 radical (unpaired) electrons. The van der Waals surface area contributed by atoms with Gasteiger partial charge in [0.15, 0.2) is 0 Å². The van der Waals surface area contributed by atoms with Crippen LogP contribution in [0.3, 0.4) is 0 Å². The molecule has 0 unspecified atom stereocenters. The molecule has 0 bridgehead atoms. The van der Waals surface area contributed by atoms with E-state index in [0.717, 1.165) is 12.0 Å². The number of rotatable bonds is 4. The number of methoxy groups -OCH3 is 1. The first-order valence-corrected chi connectivity index (χ1v) is 5.96. The maximum Gasteiger partial charge on any atom is 0.240 e. The van der Waals surface area contributed by atoms with Crippen LogP contribution in [-0.2, 0) is 13.0 Å². The average molecular weight is 268 g/mol. The SMILES string of the molecule is CCc1cc(Cl)cc(-c2noc(CN)n2)c1OC. The first kappa shape index (κ1) is 12.9. The molecule has 0 saturated heterocycles. The summed E-state index contributed by atoms with van der Waals surface area (Å²) in [6.45, 7) is 2.23. The van der Waals surface area contributed by atoms with Crippen LogP contribution in [0, 0.1) is 0 Å². The molecule has 0 fully saturated rings. The highest BCUT2D eigenvalue weighted by atomic mass is 35.5. The number of benzene rings is 1. The number of hydrogen-bond acceptors (Lipinski definition) is 5. The normalized spacial score (nSPS) is 10.7. The second-order valence-corrected chi connectivity index (χ2v) is 4.15. The Morgan fingerprint density at radius 3 is 2.78 bits per heavy atom. The molecule has 18 heavy (non-hydrogen) atoms. The Morgan fingerprint density at radius 1 is 1.44 bits per heavy atom. The van der Waals surface area contributed by atoms with Crippen molar-refractivity contribution < 1.29 is 9.26 Å². The Hall–Kier alpha value is -1.59. The van der Waals surface area contributed by atoms with Gasteiger partial charge in [-0.15, -0.1) is 0 Å². The van der Waals surface area contributed by atoms with E-state index in [1.165, 1.54) is 0 Å². The van der Waals surface area contributed by atoms with Crippen molar-refractivity contribution >= 4 is 11.6 Å². The summed E-state index contributed by atoms with van der Waals surface area (Å²) in [4.78, 5) is 4.18. The summed E-state index contributed by atoms with van der Waals surface area (Å²) in [6, 6.07) is 3.62. The van der Waals surface area contributed by atoms with E-state index in [2.05, 4.69) is 10.1 Å². The van der Waals surface area contributed by atoms with Crippen molar-refractivity contribution in [2.24, 2.45) is 5.73 Å². The zero-order valence-corrected chi connectivity index (χ0v) is 11.0. The number of aromatic nitrogens is 2. The molecule has 1 aromatic heterocycles. The number of aryl methyl sites for hydroxylation is 1. The summed E-state index contributed by atoms with van der Waals surface area (Å²) in [5, 5.41) is 4.49. The number of halogens is 1. The topological polar surface area (TPSA) is 74.2 Å². The first-order valence-electron chi connectivity index (χ1n) is 5.59. The summed E-state index contributed by atoms with van der Waals surface area (Å²) in [5.41, 5.74) is 7.16. The van der Waals surface area contributed by atoms with Gasteiger partial charge in [-0.25, -0.2) is 0 Å². The molecule has 2 rings (SSSR count). The Bertz CT molecular complexity index is 554. The Labute approximate surface area is 110 Å². The number of nitrogens with zero attached hydrogens (tertiary/aromatic N) is 2. The van der Waals surface area contributed by atoms with Gasteiger partial charge in [0.25, 0.3) is 0 Å². The van der Waals surface area contributed by atoms with Gasteiger partial charge >= 0.3 is 0 Å². The largest absolute Gasteiger partial charge is 0.496 e. The third-order valence-electron chi connectivity index (χ3n) is 2.60. The van der Waals surface area contributed by atoms with Crippen LogP contribution in [0.1, 0.15) is 18.4 Å². The van der Waals surface area contributed by atoms with Crippen molar-refractivity contribution in [2.75, 3.05) is 7.11 Å². The average Bonchev–Trinajstić information content (AvgIpc) is 2.86. The fraction of sp³-hybridized carbons (Fsp3) is 0.333. The molecule has 1 aromatic carbocycles. The predicted molar refractivity (Wildman–Crippen MR) is 68.6 cm³/mol. The van der Waals surface area contributed by atoms with Gasteiger partial charge in [0.2, 0.25) is 11.7 Å². The molecule has 5 nitrogen and oxygen atoms in total. The van der Waals surface area contributed by atoms with E-state index in [4.69, 9.17) is 26.6 Å². The number of hydrogen-bond donors (Lipinski definition) is 1. The fourth-order valence-electron chi connectivity index (χ4n) is 1.77. The standard InChI is InChI=1S/C12H14ClN3O2/c1-3-7-4-8(13)5-9(11(7)17-2)12-15-10(6-14)18-16-12/h4-5H,3,6,14H2,1-2H3. The highest BCUT2D eigenvalue weighted by Crippen LogP contribution is 2.34. The van der Waals surface area contributed by atoms with Crippen molar-refractivity contribution in [3.8, 4) is 17.1 Å². The van der Waals surface area contributed by atoms with Gasteiger partial charge < -0.3 is 15.0 Å². The van der Waals surface area contributed by atoms with E-state index in [9.17, 15) is 0 Å². The maximum atomic E-state index is 6.08. The second kappa shape index (κ2) is 5.37. The molecule has 0 aliphatic carbocycles. The van der Waals surface area contributed by atoms with Crippen molar-refractivity contribution in [1.82, 2.24) is 10.1 Å². The van der Waals surface area contributed by atoms with Crippen LogP contribution in [-0.4, -0.2) is 17.3 Å². The van der Waals surface area contributed by atoms with Gasteiger partial charge in [-0.2, -0.15) is 4.98 Å². The minimum Gasteiger partial charge on any atom is -0.496 e. The monoisotopic (exact) mass is 267 g/mol. The van der Waals surface area contributed by atoms with Crippen LogP contribution >= 0.6 is 11.6 Å². The van der Waals surface area contributed by atoms with Crippen LogP contribution in [0.4, 0.5) is 0 Å². The quantitative estimate of drug-likeness (QED) is 0.921. The molecule has 0 aliphatic rings. The lowest BCUT2D eigenvalue weighted by Gasteiger charge is -2.11. The van der Waals surface area contributed by atoms with Gasteiger partial charge in [-0.1, -0.05) is 23.7 Å². The van der Waals surface area contributed by atoms with E-state index in [1.54, 1.807) is 13.2 Å². The van der Waals surface area contributed by atoms with E-state index >= 15 is 0 Å². The van der Waals surface area contributed by atoms with Gasteiger partial charge in [-0.3, -0.25) is 0 Å². The van der Waals surface area contributed by atoms with Crippen molar-refractivity contribution in [1.29, 1.82) is 0 Å². The summed E-state index contributed by atoms with van der Waals surface area (Å²) >= 11 is 6.08. The van der Waals surface area contributed by atoms with Crippen molar-refractivity contribution in [3.05, 3.63) is 28.6 Å². The molecule has 0 spiro atoms. The fourth-order valence-corrected chi connectivity index (χ4v) is 2.01. The molecule has 0 atom stereocenters. The zero-order valence-electron chi connectivity index (χ0n) is 10.2. The Morgan fingerprint density at radius 2 is 2.22 bits per heavy atom. The molecular weight excluding hydrogens is 254 g/mol. The van der Waals surface area contributed by atoms with Gasteiger partial charge in [0.1, 0.15) is 5.75 Å². The van der Waals surface area contributed by atoms with Crippen LogP contribution in [0.15, 0.2) is 16.7 Å². The van der Waals surface area contributed by atoms with Crippen LogP contribution in [0.25, 0.3) is 11.4 Å². The molecule has 96 valence electrons. The predicted octanol–water partition coefficient (Wildman–Crippen LogP) is 2.42. The van der Waals surface area contributed by atoms with Gasteiger partial charge in [0.05, 0.1) is 19.2 Å². The van der Waals surface area contributed by atoms with Crippen LogP contribution in [0.2, 0.25) is 5.02 Å². The summed E-state index contributed by atoms with van der Waals surface area (Å²) in [6.07, 6.45) is 0.804. The number of nitrogens with two attached hydrogens (primary N) is 1. The lowest BCUT2D eigenvalue weighted by molar-refractivity contribution is 0.379. The van der Waals surface area contributed by atoms with Crippen molar-refractivity contribution in [3.63, 3.8) is 0 Å². The third-order valence-corrected chi connectivity index (χ3v) is 2.82. The summed E-state index contributed by atoms with van der Waals surface area (Å²) in [5.74, 6) is 1.53. The van der Waals surface area contributed by atoms with E-state index in [1.807, 2.05) is 13.0 Å². The third kappa shape index (κ3) is 2.32. The zero-order chi connectivity index (χ0) is 13.1. The Kier molecular flexibility index (Phi) is 3.84. The van der Waals surface area contributed by atoms with Gasteiger partial charge in [-0.05, 0) is 24.1 Å². The molecule has 1 heterocycles. The smallest absolute Gasteiger partial charge is 0.240 e. The molecule has 6 heteroatoms. The first-order chi connectivity index (χ1) is 8.69. The van der Waals surface area contributed by atoms with Crippen molar-refractivity contribution in [2.45, 2.75) is 19.9 Å². The molecular formula is C12H14ClN3O2. The molecule has 0 amide bonds. The minimum atomic E-state index is 0.205. The number of ether oxygens (including phenoxy) is 1. The van der Waals surface area contributed by atoms with Crippen LogP contribution in [0.5, 0.6) is 5.75 Å². The van der Waals surface area contributed by atoms with E-state index < -0.39 is 0 Å². The molecule has 0 aliphatic heterocycles. The summed E-state index contributed by atoms with van der Waals surface area (Å²) < 4.78 is 10.4. The highest BCUT2D eigenvalue weighted by Gasteiger charge is 2.16. The highest BCUT2D eigenvalue weighted by molar-refractivity contribution is 6.31. The molecule has 0 saturated carbocycles. The minimum absolute atomic E-state index is 0.205. The van der Waals surface area contributed by atoms with Gasteiger partial charge in [0, 0.05) is 5.02 Å². The molecule has 2 N–H and O–H groups in total. The molecule has 2 aromatic rings. The summed E-state index contributed by atoms with van der Waals surface area (Å²) in [7, 11) is 1.61. The van der Waals surface area contributed by atoms with Crippen LogP contribution < -0.4 is 10.5 Å². The maximum absolute atomic E-state index is 6.08. The lowest BCUT2D eigenvalue weighted by atomic mass is 10.1. The van der Waals surface area contributed by atoms with E-state index in [-0.39, 0.29) is 6.54 Å². The van der Waals surface area contributed by atoms with E-state index in [0.29, 0.717) is 28.1 Å².